The highest BCUT2D eigenvalue weighted by molar-refractivity contribution is 5.83. The average molecular weight is 266 g/mol. The largest absolute Gasteiger partial charge is 0.480 e. The van der Waals surface area contributed by atoms with Gasteiger partial charge in [-0.2, -0.15) is 5.10 Å². The molecule has 1 saturated carbocycles. The molecule has 0 aliphatic heterocycles. The minimum Gasteiger partial charge on any atom is -0.480 e. The van der Waals surface area contributed by atoms with Crippen molar-refractivity contribution in [1.29, 1.82) is 0 Å². The molecular formula is C12H18N4O3. The molecule has 0 saturated heterocycles. The van der Waals surface area contributed by atoms with Crippen molar-refractivity contribution >= 4 is 12.0 Å². The zero-order chi connectivity index (χ0) is 13.8. The Kier molecular flexibility index (Phi) is 4.03. The van der Waals surface area contributed by atoms with Gasteiger partial charge < -0.3 is 15.7 Å². The van der Waals surface area contributed by atoms with Crippen molar-refractivity contribution in [1.82, 2.24) is 20.4 Å². The molecule has 19 heavy (non-hydrogen) atoms. The molecule has 2 amide bonds. The van der Waals surface area contributed by atoms with Crippen LogP contribution < -0.4 is 10.6 Å². The lowest BCUT2D eigenvalue weighted by Gasteiger charge is -2.18. The van der Waals surface area contributed by atoms with Gasteiger partial charge in [0.2, 0.25) is 0 Å². The number of carbonyl (C=O) groups is 2. The van der Waals surface area contributed by atoms with Crippen LogP contribution in [0.3, 0.4) is 0 Å². The second kappa shape index (κ2) is 5.73. The van der Waals surface area contributed by atoms with E-state index in [-0.39, 0.29) is 12.0 Å². The summed E-state index contributed by atoms with van der Waals surface area (Å²) in [5, 5.41) is 18.3. The van der Waals surface area contributed by atoms with Crippen molar-refractivity contribution in [2.24, 2.45) is 5.92 Å². The standard InChI is InChI=1S/C12H18N4O3/c1-8(7-16-6-2-5-13-16)14-12(19)15-10(11(17)18)9-3-4-9/h2,5-6,8-10H,3-4,7H2,1H3,(H,17,18)(H2,14,15,19). The predicted molar refractivity (Wildman–Crippen MR) is 67.5 cm³/mol. The number of hydrogen-bond acceptors (Lipinski definition) is 3. The molecule has 2 atom stereocenters. The third-order valence-corrected chi connectivity index (χ3v) is 3.04. The van der Waals surface area contributed by atoms with Gasteiger partial charge in [-0.25, -0.2) is 9.59 Å². The first-order valence-corrected chi connectivity index (χ1v) is 6.33. The van der Waals surface area contributed by atoms with Gasteiger partial charge in [0.05, 0.1) is 6.54 Å². The number of carbonyl (C=O) groups excluding carboxylic acids is 1. The van der Waals surface area contributed by atoms with E-state index in [9.17, 15) is 9.59 Å². The van der Waals surface area contributed by atoms with Crippen LogP contribution in [0, 0.1) is 5.92 Å². The normalized spacial score (nSPS) is 17.5. The van der Waals surface area contributed by atoms with Crippen LogP contribution in [0.25, 0.3) is 0 Å². The number of nitrogens with zero attached hydrogens (tertiary/aromatic N) is 2. The van der Waals surface area contributed by atoms with E-state index in [0.29, 0.717) is 6.54 Å². The number of hydrogen-bond donors (Lipinski definition) is 3. The molecule has 1 aromatic rings. The third-order valence-electron chi connectivity index (χ3n) is 3.04. The van der Waals surface area contributed by atoms with E-state index < -0.39 is 18.0 Å². The summed E-state index contributed by atoms with van der Waals surface area (Å²) in [4.78, 5) is 22.7. The highest BCUT2D eigenvalue weighted by atomic mass is 16.4. The van der Waals surface area contributed by atoms with Crippen LogP contribution in [0.4, 0.5) is 4.79 Å². The zero-order valence-corrected chi connectivity index (χ0v) is 10.7. The molecule has 7 heteroatoms. The number of carboxylic acid groups (broad SMARTS) is 1. The van der Waals surface area contributed by atoms with Crippen molar-refractivity contribution in [2.45, 2.75) is 38.4 Å². The van der Waals surface area contributed by atoms with Crippen LogP contribution in [-0.2, 0) is 11.3 Å². The van der Waals surface area contributed by atoms with Gasteiger partial charge in [-0.3, -0.25) is 4.68 Å². The van der Waals surface area contributed by atoms with Gasteiger partial charge in [0.25, 0.3) is 0 Å². The molecule has 3 N–H and O–H groups in total. The molecular weight excluding hydrogens is 248 g/mol. The molecule has 1 fully saturated rings. The summed E-state index contributed by atoms with van der Waals surface area (Å²) < 4.78 is 1.71. The zero-order valence-electron chi connectivity index (χ0n) is 10.7. The summed E-state index contributed by atoms with van der Waals surface area (Å²) in [5.74, 6) is -0.901. The van der Waals surface area contributed by atoms with Gasteiger partial charge in [0.15, 0.2) is 0 Å². The molecule has 2 unspecified atom stereocenters. The second-order valence-corrected chi connectivity index (χ2v) is 4.90. The Bertz CT molecular complexity index is 442. The number of aliphatic carboxylic acids is 1. The minimum absolute atomic E-state index is 0.0738. The van der Waals surface area contributed by atoms with E-state index in [1.165, 1.54) is 0 Å². The second-order valence-electron chi connectivity index (χ2n) is 4.90. The van der Waals surface area contributed by atoms with E-state index in [1.807, 2.05) is 6.92 Å². The number of urea groups is 1. The summed E-state index contributed by atoms with van der Waals surface area (Å²) in [5.41, 5.74) is 0. The SMILES string of the molecule is CC(Cn1cccn1)NC(=O)NC(C(=O)O)C1CC1. The first-order chi connectivity index (χ1) is 9.06. The van der Waals surface area contributed by atoms with Crippen LogP contribution in [0.15, 0.2) is 18.5 Å². The Hall–Kier alpha value is -2.05. The summed E-state index contributed by atoms with van der Waals surface area (Å²) in [7, 11) is 0. The minimum atomic E-state index is -0.975. The fourth-order valence-corrected chi connectivity index (χ4v) is 1.95. The van der Waals surface area contributed by atoms with Crippen molar-refractivity contribution in [3.63, 3.8) is 0 Å². The van der Waals surface area contributed by atoms with Crippen LogP contribution >= 0.6 is 0 Å². The molecule has 7 nitrogen and oxygen atoms in total. The Morgan fingerprint density at radius 2 is 2.21 bits per heavy atom. The van der Waals surface area contributed by atoms with E-state index >= 15 is 0 Å². The van der Waals surface area contributed by atoms with Gasteiger partial charge in [0.1, 0.15) is 6.04 Å². The van der Waals surface area contributed by atoms with Crippen molar-refractivity contribution in [2.75, 3.05) is 0 Å². The van der Waals surface area contributed by atoms with Crippen molar-refractivity contribution in [3.8, 4) is 0 Å². The average Bonchev–Trinajstić information content (AvgIpc) is 3.04. The van der Waals surface area contributed by atoms with Crippen LogP contribution in [0.5, 0.6) is 0 Å². The smallest absolute Gasteiger partial charge is 0.326 e. The fraction of sp³-hybridized carbons (Fsp3) is 0.583. The Labute approximate surface area is 111 Å². The first kappa shape index (κ1) is 13.4. The molecule has 0 spiro atoms. The molecule has 0 aromatic carbocycles. The van der Waals surface area contributed by atoms with Crippen LogP contribution in [0.1, 0.15) is 19.8 Å². The molecule has 1 heterocycles. The fourth-order valence-electron chi connectivity index (χ4n) is 1.95. The van der Waals surface area contributed by atoms with E-state index in [0.717, 1.165) is 12.8 Å². The van der Waals surface area contributed by atoms with Gasteiger partial charge in [-0.1, -0.05) is 0 Å². The Morgan fingerprint density at radius 3 is 2.74 bits per heavy atom. The molecule has 0 radical (unpaired) electrons. The highest BCUT2D eigenvalue weighted by Gasteiger charge is 2.37. The van der Waals surface area contributed by atoms with Gasteiger partial charge in [0, 0.05) is 18.4 Å². The van der Waals surface area contributed by atoms with Gasteiger partial charge in [-0.15, -0.1) is 0 Å². The summed E-state index contributed by atoms with van der Waals surface area (Å²) in [6, 6.07) is 0.449. The summed E-state index contributed by atoms with van der Waals surface area (Å²) >= 11 is 0. The molecule has 0 bridgehead atoms. The van der Waals surface area contributed by atoms with Crippen molar-refractivity contribution in [3.05, 3.63) is 18.5 Å². The maximum Gasteiger partial charge on any atom is 0.326 e. The first-order valence-electron chi connectivity index (χ1n) is 6.33. The molecule has 2 rings (SSSR count). The van der Waals surface area contributed by atoms with Gasteiger partial charge >= 0.3 is 12.0 Å². The lowest BCUT2D eigenvalue weighted by molar-refractivity contribution is -0.139. The van der Waals surface area contributed by atoms with E-state index in [1.54, 1.807) is 23.1 Å². The van der Waals surface area contributed by atoms with Crippen molar-refractivity contribution < 1.29 is 14.7 Å². The number of rotatable bonds is 6. The highest BCUT2D eigenvalue weighted by Crippen LogP contribution is 2.32. The topological polar surface area (TPSA) is 96.3 Å². The van der Waals surface area contributed by atoms with E-state index in [2.05, 4.69) is 15.7 Å². The molecule has 1 aliphatic rings. The maximum atomic E-state index is 11.7. The summed E-state index contributed by atoms with van der Waals surface area (Å²) in [6.07, 6.45) is 5.20. The lowest BCUT2D eigenvalue weighted by atomic mass is 10.2. The van der Waals surface area contributed by atoms with E-state index in [4.69, 9.17) is 5.11 Å². The molecule has 1 aliphatic carbocycles. The lowest BCUT2D eigenvalue weighted by Crippen LogP contribution is -2.50. The molecule has 1 aromatic heterocycles. The summed E-state index contributed by atoms with van der Waals surface area (Å²) in [6.45, 7) is 2.38. The Morgan fingerprint density at radius 1 is 1.47 bits per heavy atom. The third kappa shape index (κ3) is 3.97. The molecule has 104 valence electrons. The number of aromatic nitrogens is 2. The maximum absolute atomic E-state index is 11.7. The quantitative estimate of drug-likeness (QED) is 0.696. The van der Waals surface area contributed by atoms with Crippen LogP contribution in [0.2, 0.25) is 0 Å². The monoisotopic (exact) mass is 266 g/mol. The number of amides is 2. The van der Waals surface area contributed by atoms with Gasteiger partial charge in [-0.05, 0) is 31.7 Å². The number of nitrogens with one attached hydrogen (secondary N) is 2. The number of carboxylic acids is 1. The van der Waals surface area contributed by atoms with Crippen LogP contribution in [-0.4, -0.2) is 39.0 Å². The predicted octanol–water partition coefficient (Wildman–Crippen LogP) is 0.434. The Balaban J connectivity index is 1.78.